The van der Waals surface area contributed by atoms with Crippen LogP contribution in [0.1, 0.15) is 5.56 Å². The van der Waals surface area contributed by atoms with E-state index in [1.807, 2.05) is 25.1 Å². The summed E-state index contributed by atoms with van der Waals surface area (Å²) >= 11 is 1.11. The number of amides is 1. The summed E-state index contributed by atoms with van der Waals surface area (Å²) in [7, 11) is 0. The number of alkyl halides is 2. The van der Waals surface area contributed by atoms with Crippen LogP contribution < -0.4 is 15.6 Å². The molecule has 0 saturated heterocycles. The first kappa shape index (κ1) is 22.5. The Morgan fingerprint density at radius 2 is 1.85 bits per heavy atom. The average molecular weight is 467 g/mol. The molecule has 33 heavy (non-hydrogen) atoms. The van der Waals surface area contributed by atoms with E-state index in [1.54, 1.807) is 30.3 Å². The molecule has 168 valence electrons. The van der Waals surface area contributed by atoms with Crippen LogP contribution in [0.15, 0.2) is 82.7 Å². The predicted molar refractivity (Wildman–Crippen MR) is 125 cm³/mol. The Kier molecular flexibility index (Phi) is 6.69. The summed E-state index contributed by atoms with van der Waals surface area (Å²) in [5, 5.41) is 3.54. The SMILES string of the molecule is Cc1cccc(NC(=O)CSc2nc3ccccc3c(=O)n2-c2ccc(OC(F)F)cc2)c1. The minimum atomic E-state index is -2.95. The monoisotopic (exact) mass is 467 g/mol. The number of rotatable bonds is 7. The summed E-state index contributed by atoms with van der Waals surface area (Å²) in [6.45, 7) is -1.02. The minimum absolute atomic E-state index is 0.0191. The molecule has 0 fully saturated rings. The summed E-state index contributed by atoms with van der Waals surface area (Å²) < 4.78 is 30.7. The second-order valence-electron chi connectivity index (χ2n) is 7.13. The Morgan fingerprint density at radius 1 is 1.09 bits per heavy atom. The maximum absolute atomic E-state index is 13.2. The number of para-hydroxylation sites is 1. The van der Waals surface area contributed by atoms with Gasteiger partial charge in [-0.2, -0.15) is 8.78 Å². The van der Waals surface area contributed by atoms with Crippen LogP contribution in [0.2, 0.25) is 0 Å². The van der Waals surface area contributed by atoms with Crippen molar-refractivity contribution in [3.63, 3.8) is 0 Å². The number of hydrogen-bond donors (Lipinski definition) is 1. The van der Waals surface area contributed by atoms with Gasteiger partial charge in [0.15, 0.2) is 5.16 Å². The molecule has 0 saturated carbocycles. The Bertz CT molecular complexity index is 1360. The van der Waals surface area contributed by atoms with Crippen LogP contribution in [-0.4, -0.2) is 27.8 Å². The molecule has 0 aliphatic carbocycles. The Hall–Kier alpha value is -3.72. The van der Waals surface area contributed by atoms with Crippen molar-refractivity contribution in [2.24, 2.45) is 0 Å². The van der Waals surface area contributed by atoms with Gasteiger partial charge in [0.25, 0.3) is 5.56 Å². The third kappa shape index (κ3) is 5.38. The molecule has 6 nitrogen and oxygen atoms in total. The first-order chi connectivity index (χ1) is 15.9. The zero-order chi connectivity index (χ0) is 23.4. The van der Waals surface area contributed by atoms with Gasteiger partial charge in [-0.25, -0.2) is 4.98 Å². The number of carbonyl (C=O) groups excluding carboxylic acids is 1. The number of benzene rings is 3. The molecule has 0 aliphatic heterocycles. The lowest BCUT2D eigenvalue weighted by atomic mass is 10.2. The maximum Gasteiger partial charge on any atom is 0.387 e. The van der Waals surface area contributed by atoms with E-state index in [1.165, 1.54) is 28.8 Å². The highest BCUT2D eigenvalue weighted by Crippen LogP contribution is 2.24. The number of nitrogens with zero attached hydrogens (tertiary/aromatic N) is 2. The van der Waals surface area contributed by atoms with Gasteiger partial charge in [0, 0.05) is 5.69 Å². The van der Waals surface area contributed by atoms with Crippen molar-refractivity contribution >= 4 is 34.3 Å². The molecule has 0 spiro atoms. The predicted octanol–water partition coefficient (Wildman–Crippen LogP) is 5.03. The normalized spacial score (nSPS) is 11.0. The summed E-state index contributed by atoms with van der Waals surface area (Å²) in [4.78, 5) is 30.3. The van der Waals surface area contributed by atoms with E-state index in [9.17, 15) is 18.4 Å². The smallest absolute Gasteiger partial charge is 0.387 e. The number of nitrogens with one attached hydrogen (secondary N) is 1. The van der Waals surface area contributed by atoms with Gasteiger partial charge >= 0.3 is 6.61 Å². The number of halogens is 2. The van der Waals surface area contributed by atoms with Gasteiger partial charge in [-0.05, 0) is 61.0 Å². The molecule has 4 rings (SSSR count). The lowest BCUT2D eigenvalue weighted by Gasteiger charge is -2.14. The topological polar surface area (TPSA) is 73.2 Å². The molecule has 1 N–H and O–H groups in total. The summed E-state index contributed by atoms with van der Waals surface area (Å²) in [5.74, 6) is -0.256. The van der Waals surface area contributed by atoms with Crippen LogP contribution in [0, 0.1) is 6.92 Å². The number of thioether (sulfide) groups is 1. The molecule has 0 bridgehead atoms. The van der Waals surface area contributed by atoms with Gasteiger partial charge < -0.3 is 10.1 Å². The fourth-order valence-corrected chi connectivity index (χ4v) is 4.08. The summed E-state index contributed by atoms with van der Waals surface area (Å²) in [6, 6.07) is 20.0. The quantitative estimate of drug-likeness (QED) is 0.305. The van der Waals surface area contributed by atoms with E-state index in [-0.39, 0.29) is 23.0 Å². The van der Waals surface area contributed by atoms with Crippen molar-refractivity contribution in [1.82, 2.24) is 9.55 Å². The number of anilines is 1. The number of ether oxygens (including phenoxy) is 1. The molecule has 0 radical (unpaired) electrons. The van der Waals surface area contributed by atoms with Crippen molar-refractivity contribution < 1.29 is 18.3 Å². The van der Waals surface area contributed by atoms with Crippen molar-refractivity contribution in [3.05, 3.63) is 88.7 Å². The molecule has 4 aromatic rings. The Balaban J connectivity index is 1.65. The second-order valence-corrected chi connectivity index (χ2v) is 8.07. The lowest BCUT2D eigenvalue weighted by molar-refractivity contribution is -0.113. The molecule has 0 aliphatic rings. The van der Waals surface area contributed by atoms with Crippen LogP contribution in [0.25, 0.3) is 16.6 Å². The number of aromatic nitrogens is 2. The van der Waals surface area contributed by atoms with E-state index in [2.05, 4.69) is 15.0 Å². The zero-order valence-corrected chi connectivity index (χ0v) is 18.3. The minimum Gasteiger partial charge on any atom is -0.435 e. The van der Waals surface area contributed by atoms with Crippen molar-refractivity contribution in [1.29, 1.82) is 0 Å². The Labute approximate surface area is 192 Å². The van der Waals surface area contributed by atoms with Crippen LogP contribution in [0.5, 0.6) is 5.75 Å². The highest BCUT2D eigenvalue weighted by atomic mass is 32.2. The summed E-state index contributed by atoms with van der Waals surface area (Å²) in [6.07, 6.45) is 0. The van der Waals surface area contributed by atoms with Gasteiger partial charge in [-0.3, -0.25) is 14.2 Å². The van der Waals surface area contributed by atoms with Gasteiger partial charge in [0.2, 0.25) is 5.91 Å². The van der Waals surface area contributed by atoms with E-state index < -0.39 is 6.61 Å². The average Bonchev–Trinajstić information content (AvgIpc) is 2.78. The molecule has 0 atom stereocenters. The van der Waals surface area contributed by atoms with Crippen molar-refractivity contribution in [3.8, 4) is 11.4 Å². The number of fused-ring (bicyclic) bond motifs is 1. The van der Waals surface area contributed by atoms with Crippen molar-refractivity contribution in [2.75, 3.05) is 11.1 Å². The van der Waals surface area contributed by atoms with E-state index in [0.717, 1.165) is 17.3 Å². The highest BCUT2D eigenvalue weighted by Gasteiger charge is 2.15. The van der Waals surface area contributed by atoms with Gasteiger partial charge in [-0.1, -0.05) is 36.0 Å². The molecule has 0 unspecified atom stereocenters. The molecular weight excluding hydrogens is 448 g/mol. The van der Waals surface area contributed by atoms with Crippen molar-refractivity contribution in [2.45, 2.75) is 18.7 Å². The molecule has 9 heteroatoms. The molecule has 1 heterocycles. The Morgan fingerprint density at radius 3 is 2.58 bits per heavy atom. The largest absolute Gasteiger partial charge is 0.435 e. The fraction of sp³-hybridized carbons (Fsp3) is 0.125. The van der Waals surface area contributed by atoms with Crippen LogP contribution in [0.3, 0.4) is 0 Å². The number of aryl methyl sites for hydroxylation is 1. The van der Waals surface area contributed by atoms with Crippen LogP contribution >= 0.6 is 11.8 Å². The number of carbonyl (C=O) groups is 1. The molecule has 3 aromatic carbocycles. The van der Waals surface area contributed by atoms with Crippen LogP contribution in [0.4, 0.5) is 14.5 Å². The van der Waals surface area contributed by atoms with Gasteiger partial charge in [0.1, 0.15) is 5.75 Å². The second kappa shape index (κ2) is 9.83. The lowest BCUT2D eigenvalue weighted by Crippen LogP contribution is -2.23. The molecular formula is C24H19F2N3O3S. The van der Waals surface area contributed by atoms with E-state index in [0.29, 0.717) is 27.4 Å². The third-order valence-electron chi connectivity index (χ3n) is 4.70. The maximum atomic E-state index is 13.2. The first-order valence-corrected chi connectivity index (χ1v) is 11.0. The summed E-state index contributed by atoms with van der Waals surface area (Å²) in [5.41, 5.74) is 2.29. The third-order valence-corrected chi connectivity index (χ3v) is 5.64. The standard InChI is InChI=1S/C24H19F2N3O3S/c1-15-5-4-6-16(13-15)27-21(30)14-33-24-28-20-8-3-2-7-19(20)22(31)29(24)17-9-11-18(12-10-17)32-23(25)26/h2-13,23H,14H2,1H3,(H,27,30). The molecule has 1 amide bonds. The molecule has 1 aromatic heterocycles. The van der Waals surface area contributed by atoms with Gasteiger partial charge in [-0.15, -0.1) is 0 Å². The zero-order valence-electron chi connectivity index (χ0n) is 17.5. The first-order valence-electron chi connectivity index (χ1n) is 9.97. The van der Waals surface area contributed by atoms with E-state index in [4.69, 9.17) is 0 Å². The fourth-order valence-electron chi connectivity index (χ4n) is 3.26. The highest BCUT2D eigenvalue weighted by molar-refractivity contribution is 7.99. The van der Waals surface area contributed by atoms with E-state index >= 15 is 0 Å². The van der Waals surface area contributed by atoms with Gasteiger partial charge in [0.05, 0.1) is 22.3 Å². The number of hydrogen-bond acceptors (Lipinski definition) is 5. The van der Waals surface area contributed by atoms with Crippen LogP contribution in [-0.2, 0) is 4.79 Å².